The van der Waals surface area contributed by atoms with Gasteiger partial charge in [0.25, 0.3) is 11.6 Å². The van der Waals surface area contributed by atoms with Crippen molar-refractivity contribution >= 4 is 34.0 Å². The van der Waals surface area contributed by atoms with Crippen molar-refractivity contribution in [3.63, 3.8) is 0 Å². The Morgan fingerprint density at radius 2 is 1.92 bits per heavy atom. The van der Waals surface area contributed by atoms with Crippen molar-refractivity contribution in [2.24, 2.45) is 0 Å². The van der Waals surface area contributed by atoms with Crippen LogP contribution in [0.15, 0.2) is 24.3 Å². The number of aryl methyl sites for hydroxylation is 2. The standard InChI is InChI=1S/C25H24F3N5O4/c1-13(15-8-16(25(26,27)28)10-17(9-15)33(35)36)29-24-20-11-21(32-6-7-37-12-22(32)34)18-4-3-5-19(18)23(20)30-14(2)31-24/h8-11,13H,3-7,12H2,1-2H3,(H,29,30,31)/t13-/m1/s1. The van der Waals surface area contributed by atoms with Crippen LogP contribution in [-0.2, 0) is 28.5 Å². The molecule has 2 aliphatic rings. The van der Waals surface area contributed by atoms with E-state index in [0.29, 0.717) is 36.2 Å². The first-order valence-electron chi connectivity index (χ1n) is 11.9. The van der Waals surface area contributed by atoms with Crippen molar-refractivity contribution in [3.05, 3.63) is 62.5 Å². The van der Waals surface area contributed by atoms with E-state index in [1.807, 2.05) is 6.07 Å². The number of nitrogens with zero attached hydrogens (tertiary/aromatic N) is 4. The number of nitro groups is 1. The van der Waals surface area contributed by atoms with Crippen LogP contribution in [0.5, 0.6) is 0 Å². The number of morpholine rings is 1. The van der Waals surface area contributed by atoms with E-state index in [4.69, 9.17) is 4.74 Å². The molecule has 9 nitrogen and oxygen atoms in total. The van der Waals surface area contributed by atoms with Crippen LogP contribution < -0.4 is 10.2 Å². The lowest BCUT2D eigenvalue weighted by Crippen LogP contribution is -2.42. The molecule has 12 heteroatoms. The Morgan fingerprint density at radius 3 is 2.62 bits per heavy atom. The molecular weight excluding hydrogens is 491 g/mol. The van der Waals surface area contributed by atoms with Gasteiger partial charge in [-0.25, -0.2) is 9.97 Å². The number of hydrogen-bond donors (Lipinski definition) is 1. The van der Waals surface area contributed by atoms with Crippen molar-refractivity contribution in [1.29, 1.82) is 0 Å². The van der Waals surface area contributed by atoms with Gasteiger partial charge < -0.3 is 15.0 Å². The second-order valence-electron chi connectivity index (χ2n) is 9.25. The molecule has 1 aliphatic heterocycles. The zero-order valence-corrected chi connectivity index (χ0v) is 20.2. The van der Waals surface area contributed by atoms with E-state index in [1.54, 1.807) is 18.7 Å². The molecule has 0 bridgehead atoms. The van der Waals surface area contributed by atoms with Crippen LogP contribution in [0.4, 0.5) is 30.4 Å². The molecule has 0 saturated carbocycles. The summed E-state index contributed by atoms with van der Waals surface area (Å²) in [5.41, 5.74) is 1.94. The number of alkyl halides is 3. The Hall–Kier alpha value is -3.80. The minimum absolute atomic E-state index is 0.00627. The average Bonchev–Trinajstić information content (AvgIpc) is 3.34. The number of amides is 1. The van der Waals surface area contributed by atoms with Crippen molar-refractivity contribution in [1.82, 2.24) is 9.97 Å². The van der Waals surface area contributed by atoms with Crippen molar-refractivity contribution in [3.8, 4) is 0 Å². The van der Waals surface area contributed by atoms with Crippen molar-refractivity contribution in [2.75, 3.05) is 30.0 Å². The van der Waals surface area contributed by atoms with Crippen LogP contribution >= 0.6 is 0 Å². The van der Waals surface area contributed by atoms with Crippen LogP contribution in [0.1, 0.15) is 47.5 Å². The largest absolute Gasteiger partial charge is 0.416 e. The Labute approximate surface area is 209 Å². The van der Waals surface area contributed by atoms with Crippen LogP contribution in [0.2, 0.25) is 0 Å². The van der Waals surface area contributed by atoms with E-state index in [2.05, 4.69) is 15.3 Å². The lowest BCUT2D eigenvalue weighted by molar-refractivity contribution is -0.385. The van der Waals surface area contributed by atoms with Gasteiger partial charge in [0.05, 0.1) is 28.7 Å². The quantitative estimate of drug-likeness (QED) is 0.381. The molecular formula is C25H24F3N5O4. The molecule has 1 atom stereocenters. The minimum Gasteiger partial charge on any atom is -0.370 e. The molecule has 1 aromatic heterocycles. The molecule has 0 spiro atoms. The Bertz CT molecular complexity index is 1430. The van der Waals surface area contributed by atoms with Crippen molar-refractivity contribution < 1.29 is 27.6 Å². The summed E-state index contributed by atoms with van der Waals surface area (Å²) in [6.07, 6.45) is -2.24. The summed E-state index contributed by atoms with van der Waals surface area (Å²) in [7, 11) is 0. The van der Waals surface area contributed by atoms with E-state index >= 15 is 0 Å². The highest BCUT2D eigenvalue weighted by molar-refractivity contribution is 6.02. The van der Waals surface area contributed by atoms with Crippen molar-refractivity contribution in [2.45, 2.75) is 45.3 Å². The summed E-state index contributed by atoms with van der Waals surface area (Å²) in [6, 6.07) is 3.65. The number of carbonyl (C=O) groups is 1. The van der Waals surface area contributed by atoms with E-state index in [9.17, 15) is 28.1 Å². The molecule has 37 heavy (non-hydrogen) atoms. The Balaban J connectivity index is 1.61. The zero-order chi connectivity index (χ0) is 26.5. The Kier molecular flexibility index (Phi) is 6.22. The SMILES string of the molecule is Cc1nc(N[C@H](C)c2cc([N+](=O)[O-])cc(C(F)(F)F)c2)c2cc(N3CCOCC3=O)c3c(c2n1)CCC3. The van der Waals surface area contributed by atoms with Gasteiger partial charge in [0, 0.05) is 29.8 Å². The molecule has 1 amide bonds. The summed E-state index contributed by atoms with van der Waals surface area (Å²) in [5, 5.41) is 15.1. The molecule has 1 fully saturated rings. The van der Waals surface area contributed by atoms with E-state index < -0.39 is 28.4 Å². The first-order valence-corrected chi connectivity index (χ1v) is 11.9. The summed E-state index contributed by atoms with van der Waals surface area (Å²) >= 11 is 0. The molecule has 0 radical (unpaired) electrons. The smallest absolute Gasteiger partial charge is 0.370 e. The second kappa shape index (κ2) is 9.25. The van der Waals surface area contributed by atoms with E-state index in [1.165, 1.54) is 0 Å². The highest BCUT2D eigenvalue weighted by Crippen LogP contribution is 2.40. The average molecular weight is 515 g/mol. The molecule has 1 N–H and O–H groups in total. The number of non-ortho nitro benzene ring substituents is 1. The second-order valence-corrected chi connectivity index (χ2v) is 9.25. The number of nitro benzene ring substituents is 1. The van der Waals surface area contributed by atoms with Crippen LogP contribution in [0.3, 0.4) is 0 Å². The highest BCUT2D eigenvalue weighted by Gasteiger charge is 2.34. The van der Waals surface area contributed by atoms with Gasteiger partial charge in [-0.05, 0) is 61.9 Å². The molecule has 2 heterocycles. The summed E-state index contributed by atoms with van der Waals surface area (Å²) in [4.78, 5) is 34.0. The van der Waals surface area contributed by atoms with Gasteiger partial charge in [0.1, 0.15) is 18.2 Å². The van der Waals surface area contributed by atoms with Gasteiger partial charge in [-0.3, -0.25) is 14.9 Å². The van der Waals surface area contributed by atoms with Gasteiger partial charge >= 0.3 is 6.18 Å². The van der Waals surface area contributed by atoms with Gasteiger partial charge in [-0.2, -0.15) is 13.2 Å². The first kappa shape index (κ1) is 24.9. The lowest BCUT2D eigenvalue weighted by Gasteiger charge is -2.29. The number of ether oxygens (including phenoxy) is 1. The summed E-state index contributed by atoms with van der Waals surface area (Å²) < 4.78 is 45.6. The predicted molar refractivity (Wildman–Crippen MR) is 130 cm³/mol. The van der Waals surface area contributed by atoms with Gasteiger partial charge in [0.2, 0.25) is 0 Å². The highest BCUT2D eigenvalue weighted by atomic mass is 19.4. The minimum atomic E-state index is -4.74. The molecule has 5 rings (SSSR count). The molecule has 0 unspecified atom stereocenters. The fourth-order valence-corrected chi connectivity index (χ4v) is 5.03. The van der Waals surface area contributed by atoms with Gasteiger partial charge in [0.15, 0.2) is 0 Å². The van der Waals surface area contributed by atoms with Crippen LogP contribution in [0.25, 0.3) is 10.9 Å². The summed E-state index contributed by atoms with van der Waals surface area (Å²) in [6.45, 7) is 4.16. The topological polar surface area (TPSA) is 110 Å². The van der Waals surface area contributed by atoms with Gasteiger partial charge in [-0.1, -0.05) is 0 Å². The number of benzene rings is 2. The third-order valence-corrected chi connectivity index (χ3v) is 6.76. The third kappa shape index (κ3) is 4.68. The molecule has 1 aliphatic carbocycles. The molecule has 2 aromatic carbocycles. The number of fused-ring (bicyclic) bond motifs is 3. The number of carbonyl (C=O) groups excluding carboxylic acids is 1. The fraction of sp³-hybridized carbons (Fsp3) is 0.400. The number of anilines is 2. The maximum Gasteiger partial charge on any atom is 0.416 e. The third-order valence-electron chi connectivity index (χ3n) is 6.76. The zero-order valence-electron chi connectivity index (χ0n) is 20.2. The molecule has 1 saturated heterocycles. The van der Waals surface area contributed by atoms with E-state index in [0.717, 1.165) is 53.7 Å². The maximum absolute atomic E-state index is 13.4. The number of hydrogen-bond acceptors (Lipinski definition) is 7. The normalized spacial score (nSPS) is 16.7. The predicted octanol–water partition coefficient (Wildman–Crippen LogP) is 4.89. The number of rotatable bonds is 5. The van der Waals surface area contributed by atoms with Crippen LogP contribution in [-0.4, -0.2) is 40.6 Å². The number of halogens is 3. The fourth-order valence-electron chi connectivity index (χ4n) is 5.03. The van der Waals surface area contributed by atoms with Gasteiger partial charge in [-0.15, -0.1) is 0 Å². The first-order chi connectivity index (χ1) is 17.5. The molecule has 194 valence electrons. The number of aromatic nitrogens is 2. The van der Waals surface area contributed by atoms with Crippen LogP contribution in [0, 0.1) is 17.0 Å². The summed E-state index contributed by atoms with van der Waals surface area (Å²) in [5.74, 6) is 0.708. The molecule has 3 aromatic rings. The lowest BCUT2D eigenvalue weighted by atomic mass is 10.0. The monoisotopic (exact) mass is 515 g/mol. The maximum atomic E-state index is 13.4. The Morgan fingerprint density at radius 1 is 1.16 bits per heavy atom. The number of nitrogens with one attached hydrogen (secondary N) is 1. The van der Waals surface area contributed by atoms with E-state index in [-0.39, 0.29) is 18.1 Å².